The predicted molar refractivity (Wildman–Crippen MR) is 167 cm³/mol. The van der Waals surface area contributed by atoms with Crippen molar-refractivity contribution in [2.45, 2.75) is 58.3 Å². The summed E-state index contributed by atoms with van der Waals surface area (Å²) in [5.74, 6) is -1.57. The number of carbonyl (C=O) groups is 3. The lowest BCUT2D eigenvalue weighted by molar-refractivity contribution is -0.151. The first-order valence-electron chi connectivity index (χ1n) is 15.8. The van der Waals surface area contributed by atoms with Gasteiger partial charge in [0.1, 0.15) is 24.7 Å². The summed E-state index contributed by atoms with van der Waals surface area (Å²) in [6.07, 6.45) is 3.49. The molecular weight excluding hydrogens is 586 g/mol. The van der Waals surface area contributed by atoms with Crippen molar-refractivity contribution in [3.05, 3.63) is 47.3 Å². The topological polar surface area (TPSA) is 103 Å². The number of alkyl halides is 1. The number of esters is 1. The number of benzene rings is 1. The van der Waals surface area contributed by atoms with E-state index in [1.807, 2.05) is 33.0 Å². The smallest absolute Gasteiger partial charge is 0.410 e. The van der Waals surface area contributed by atoms with Crippen LogP contribution in [0.2, 0.25) is 0 Å². The zero-order chi connectivity index (χ0) is 32.7. The summed E-state index contributed by atoms with van der Waals surface area (Å²) in [6, 6.07) is 3.87. The number of rotatable bonds is 6. The molecule has 0 spiro atoms. The average molecular weight is 633 g/mol. The minimum absolute atomic E-state index is 0.0155. The van der Waals surface area contributed by atoms with Gasteiger partial charge in [0, 0.05) is 50.9 Å². The van der Waals surface area contributed by atoms with Crippen LogP contribution < -0.4 is 4.90 Å². The summed E-state index contributed by atoms with van der Waals surface area (Å²) >= 11 is 0. The van der Waals surface area contributed by atoms with Crippen LogP contribution in [0.3, 0.4) is 0 Å². The molecule has 5 atom stereocenters. The van der Waals surface area contributed by atoms with Crippen LogP contribution in [0.4, 0.5) is 24.1 Å². The van der Waals surface area contributed by atoms with Gasteiger partial charge in [0.25, 0.3) is 0 Å². The molecular formula is C33H46F2N4O6. The van der Waals surface area contributed by atoms with Gasteiger partial charge in [-0.3, -0.25) is 9.69 Å². The first-order chi connectivity index (χ1) is 21.4. The molecule has 0 aliphatic carbocycles. The lowest BCUT2D eigenvalue weighted by Crippen LogP contribution is -2.48. The molecule has 0 saturated carbocycles. The maximum atomic E-state index is 14.8. The summed E-state index contributed by atoms with van der Waals surface area (Å²) in [5.41, 5.74) is 1.44. The highest BCUT2D eigenvalue weighted by atomic mass is 19.1. The van der Waals surface area contributed by atoms with Crippen molar-refractivity contribution in [1.82, 2.24) is 14.7 Å². The number of nitrogens with zero attached hydrogens (tertiary/aromatic N) is 4. The van der Waals surface area contributed by atoms with Gasteiger partial charge in [-0.1, -0.05) is 26.0 Å². The molecule has 0 unspecified atom stereocenters. The Morgan fingerprint density at radius 2 is 1.80 bits per heavy atom. The minimum Gasteiger partial charge on any atom is -0.457 e. The van der Waals surface area contributed by atoms with Crippen LogP contribution in [-0.2, 0) is 14.3 Å². The lowest BCUT2D eigenvalue weighted by atomic mass is 9.91. The number of hydrogen-bond donors (Lipinski definition) is 1. The third kappa shape index (κ3) is 9.26. The molecule has 0 aromatic heterocycles. The lowest BCUT2D eigenvalue weighted by Gasteiger charge is -2.33. The van der Waals surface area contributed by atoms with Crippen molar-refractivity contribution >= 4 is 29.9 Å². The second-order valence-electron chi connectivity index (χ2n) is 12.4. The number of aliphatic hydroxyl groups excluding tert-OH is 1. The van der Waals surface area contributed by atoms with E-state index in [4.69, 9.17) is 9.47 Å². The number of amides is 3. The number of aliphatic hydroxyl groups is 1. The highest BCUT2D eigenvalue weighted by molar-refractivity contribution is 5.94. The number of urea groups is 1. The van der Waals surface area contributed by atoms with Gasteiger partial charge in [0.05, 0.1) is 19.1 Å². The number of likely N-dealkylation sites (N-methyl/N-ethyl adjacent to an activating group) is 1. The first-order valence-corrected chi connectivity index (χ1v) is 15.8. The van der Waals surface area contributed by atoms with E-state index in [1.165, 1.54) is 21.9 Å². The molecule has 2 saturated heterocycles. The molecule has 3 aliphatic rings. The number of anilines is 1. The number of cyclic esters (lactones) is 1. The summed E-state index contributed by atoms with van der Waals surface area (Å²) in [5, 5.41) is 10.6. The van der Waals surface area contributed by atoms with Crippen LogP contribution in [0.15, 0.2) is 35.9 Å². The average Bonchev–Trinajstić information content (AvgIpc) is 3.35. The molecule has 1 N–H and O–H groups in total. The van der Waals surface area contributed by atoms with Gasteiger partial charge in [-0.15, -0.1) is 0 Å². The van der Waals surface area contributed by atoms with Gasteiger partial charge in [0.15, 0.2) is 0 Å². The quantitative estimate of drug-likeness (QED) is 0.365. The van der Waals surface area contributed by atoms with Gasteiger partial charge in [-0.05, 0) is 68.1 Å². The Hall–Kier alpha value is -3.51. The fourth-order valence-electron chi connectivity index (χ4n) is 5.94. The molecule has 0 bridgehead atoms. The van der Waals surface area contributed by atoms with Crippen molar-refractivity contribution in [3.8, 4) is 0 Å². The zero-order valence-corrected chi connectivity index (χ0v) is 26.7. The summed E-state index contributed by atoms with van der Waals surface area (Å²) in [6.45, 7) is 8.30. The Morgan fingerprint density at radius 1 is 1.07 bits per heavy atom. The highest BCUT2D eigenvalue weighted by Crippen LogP contribution is 2.28. The van der Waals surface area contributed by atoms with Gasteiger partial charge in [-0.25, -0.2) is 18.4 Å². The molecule has 3 amide bonds. The highest BCUT2D eigenvalue weighted by Gasteiger charge is 2.31. The van der Waals surface area contributed by atoms with Gasteiger partial charge >= 0.3 is 18.1 Å². The maximum Gasteiger partial charge on any atom is 0.410 e. The van der Waals surface area contributed by atoms with Crippen LogP contribution in [-0.4, -0.2) is 116 Å². The van der Waals surface area contributed by atoms with Crippen molar-refractivity contribution < 1.29 is 37.7 Å². The number of ether oxygens (including phenoxy) is 2. The zero-order valence-electron chi connectivity index (χ0n) is 26.7. The van der Waals surface area contributed by atoms with Crippen LogP contribution >= 0.6 is 0 Å². The third-order valence-corrected chi connectivity index (χ3v) is 8.77. The Morgan fingerprint density at radius 3 is 2.51 bits per heavy atom. The Balaban J connectivity index is 1.57. The Bertz CT molecular complexity index is 1270. The monoisotopic (exact) mass is 632 g/mol. The number of piperazine rings is 1. The SMILES string of the molecule is C/C(=C\c1cc(F)cc(N2CCN(CCF)C2=O)c1)[C@H]1OC(=O)C[C@H](O)CC[C@H](C)[C@@H](OC(=O)N2CCN(C)CC2)/C=C/[C@@H]1C. The minimum atomic E-state index is -0.918. The fraction of sp³-hybridized carbons (Fsp3) is 0.606. The molecule has 4 rings (SSSR count). The van der Waals surface area contributed by atoms with Gasteiger partial charge < -0.3 is 29.3 Å². The normalized spacial score (nSPS) is 28.4. The molecule has 2 fully saturated rings. The van der Waals surface area contributed by atoms with E-state index in [-0.39, 0.29) is 36.9 Å². The summed E-state index contributed by atoms with van der Waals surface area (Å²) < 4.78 is 39.4. The van der Waals surface area contributed by atoms with Crippen molar-refractivity contribution in [2.75, 3.05) is 64.4 Å². The predicted octanol–water partition coefficient (Wildman–Crippen LogP) is 4.48. The third-order valence-electron chi connectivity index (χ3n) is 8.77. The molecule has 45 heavy (non-hydrogen) atoms. The van der Waals surface area contributed by atoms with Crippen LogP contribution in [0, 0.1) is 17.7 Å². The fourth-order valence-corrected chi connectivity index (χ4v) is 5.94. The first kappa shape index (κ1) is 34.4. The molecule has 12 heteroatoms. The summed E-state index contributed by atoms with van der Waals surface area (Å²) in [4.78, 5) is 45.3. The van der Waals surface area contributed by atoms with E-state index < -0.39 is 36.8 Å². The van der Waals surface area contributed by atoms with Crippen LogP contribution in [0.25, 0.3) is 6.08 Å². The van der Waals surface area contributed by atoms with Crippen molar-refractivity contribution in [3.63, 3.8) is 0 Å². The molecule has 10 nitrogen and oxygen atoms in total. The number of halogens is 2. The van der Waals surface area contributed by atoms with Crippen molar-refractivity contribution in [1.29, 1.82) is 0 Å². The van der Waals surface area contributed by atoms with Gasteiger partial charge in [0.2, 0.25) is 0 Å². The van der Waals surface area contributed by atoms with E-state index in [9.17, 15) is 28.3 Å². The maximum absolute atomic E-state index is 14.8. The van der Waals surface area contributed by atoms with Gasteiger partial charge in [-0.2, -0.15) is 0 Å². The second kappa shape index (κ2) is 15.7. The molecule has 3 heterocycles. The molecule has 0 radical (unpaired) electrons. The Labute approximate surface area is 264 Å². The van der Waals surface area contributed by atoms with E-state index >= 15 is 0 Å². The van der Waals surface area contributed by atoms with Crippen molar-refractivity contribution in [2.24, 2.45) is 11.8 Å². The Kier molecular flexibility index (Phi) is 12.0. The van der Waals surface area contributed by atoms with E-state index in [0.29, 0.717) is 55.8 Å². The molecule has 3 aliphatic heterocycles. The van der Waals surface area contributed by atoms with E-state index in [1.54, 1.807) is 24.0 Å². The van der Waals surface area contributed by atoms with E-state index in [0.717, 1.165) is 13.1 Å². The second-order valence-corrected chi connectivity index (χ2v) is 12.4. The largest absolute Gasteiger partial charge is 0.457 e. The molecule has 1 aromatic carbocycles. The number of hydrogen-bond acceptors (Lipinski definition) is 7. The molecule has 248 valence electrons. The van der Waals surface area contributed by atoms with Crippen LogP contribution in [0.5, 0.6) is 0 Å². The summed E-state index contributed by atoms with van der Waals surface area (Å²) in [7, 11) is 2.01. The standard InChI is InChI=1S/C33H46F2N4O6/c1-22-5-7-28(40)21-30(41)45-31(23(2)6-8-29(22)44-33(43)38-13-11-36(4)12-14-38)24(3)17-25-18-26(35)20-27(19-25)39-16-15-37(10-9-34)32(39)42/h6,8,17-20,22-23,28-29,31,40H,5,7,9-16,21H2,1-4H3/b8-6+,24-17+/t22-,23-,28+,29-,31-/m0/s1. The van der Waals surface area contributed by atoms with Crippen LogP contribution in [0.1, 0.15) is 45.6 Å². The van der Waals surface area contributed by atoms with E-state index in [2.05, 4.69) is 4.90 Å². The number of carbonyl (C=O) groups excluding carboxylic acids is 3. The molecule has 1 aromatic rings.